The average Bonchev–Trinajstić information content (AvgIpc) is 2.76. The normalized spacial score (nSPS) is 19.3. The summed E-state index contributed by atoms with van der Waals surface area (Å²) in [5.74, 6) is 1.65. The molecule has 0 amide bonds. The predicted octanol–water partition coefficient (Wildman–Crippen LogP) is 8.46. The van der Waals surface area contributed by atoms with Crippen LogP contribution in [0.5, 0.6) is 0 Å². The summed E-state index contributed by atoms with van der Waals surface area (Å²) < 4.78 is 0. The van der Waals surface area contributed by atoms with Gasteiger partial charge < -0.3 is 0 Å². The number of hydrogen-bond donors (Lipinski definition) is 1. The summed E-state index contributed by atoms with van der Waals surface area (Å²) in [4.78, 5) is 2.37. The first-order chi connectivity index (χ1) is 13.7. The summed E-state index contributed by atoms with van der Waals surface area (Å²) in [5.41, 5.74) is 11.8. The Bertz CT molecular complexity index is 906. The Labute approximate surface area is 171 Å². The number of nitrogens with one attached hydrogen (secondary N) is 1. The second-order valence-electron chi connectivity index (χ2n) is 7.81. The van der Waals surface area contributed by atoms with Crippen molar-refractivity contribution >= 4 is 17.4 Å². The molecule has 1 N–H and O–H groups in total. The van der Waals surface area contributed by atoms with Gasteiger partial charge in [-0.15, -0.1) is 0 Å². The van der Waals surface area contributed by atoms with Gasteiger partial charge in [0, 0.05) is 9.79 Å². The van der Waals surface area contributed by atoms with Crippen LogP contribution >= 0.6 is 11.8 Å². The first-order valence-electron chi connectivity index (χ1n) is 10.1. The molecule has 142 valence electrons. The van der Waals surface area contributed by atoms with E-state index in [-0.39, 0.29) is 0 Å². The minimum absolute atomic E-state index is 0.686. The molecule has 3 aromatic rings. The molecule has 0 radical (unpaired) electrons. The summed E-state index contributed by atoms with van der Waals surface area (Å²) in [5, 5.41) is 3.44. The second kappa shape index (κ2) is 8.74. The summed E-state index contributed by atoms with van der Waals surface area (Å²) in [6, 6.07) is 25.7. The monoisotopic (exact) mass is 386 g/mol. The van der Waals surface area contributed by atoms with Crippen LogP contribution in [0.1, 0.15) is 44.1 Å². The van der Waals surface area contributed by atoms with E-state index in [1.165, 1.54) is 47.3 Å². The number of benzene rings is 3. The van der Waals surface area contributed by atoms with Gasteiger partial charge in [-0.3, -0.25) is 0 Å². The largest absolute Gasteiger partial charge is 0.204 e. The van der Waals surface area contributed by atoms with E-state index in [9.17, 15) is 0 Å². The quantitative estimate of drug-likeness (QED) is 0.439. The molecule has 4 rings (SSSR count). The zero-order valence-electron chi connectivity index (χ0n) is 16.3. The first-order valence-corrected chi connectivity index (χ1v) is 10.9. The van der Waals surface area contributed by atoms with Crippen molar-refractivity contribution in [2.45, 2.75) is 48.3 Å². The Morgan fingerprint density at radius 2 is 1.21 bits per heavy atom. The molecule has 1 aliphatic rings. The van der Waals surface area contributed by atoms with Crippen LogP contribution in [0.4, 0.5) is 5.69 Å². The molecule has 28 heavy (non-hydrogen) atoms. The van der Waals surface area contributed by atoms with Gasteiger partial charge in [-0.2, -0.15) is 5.11 Å². The molecule has 0 spiro atoms. The van der Waals surface area contributed by atoms with Crippen LogP contribution in [0, 0.1) is 11.4 Å². The van der Waals surface area contributed by atoms with Crippen molar-refractivity contribution in [3.8, 4) is 11.1 Å². The maximum Gasteiger partial charge on any atom is 0.0850 e. The summed E-state index contributed by atoms with van der Waals surface area (Å²) in [6.07, 6.45) is 5.41. The van der Waals surface area contributed by atoms with E-state index in [1.54, 1.807) is 11.8 Å². The third-order valence-electron chi connectivity index (χ3n) is 5.79. The van der Waals surface area contributed by atoms with Gasteiger partial charge in [0.25, 0.3) is 0 Å². The Morgan fingerprint density at radius 3 is 1.75 bits per heavy atom. The van der Waals surface area contributed by atoms with E-state index >= 15 is 0 Å². The standard InChI is InChI=1S/C25H26N2S/c1-18-2-4-19(5-3-18)20-6-8-21(9-7-20)22-10-14-24(15-11-22)28-25-16-12-23(27-26)13-17-25/h6-19,26H,2-5H2,1H3. The van der Waals surface area contributed by atoms with Gasteiger partial charge in [0.1, 0.15) is 0 Å². The van der Waals surface area contributed by atoms with Crippen LogP contribution in [0.15, 0.2) is 87.7 Å². The number of hydrogen-bond acceptors (Lipinski definition) is 3. The molecule has 0 aromatic heterocycles. The third kappa shape index (κ3) is 4.53. The molecule has 1 fully saturated rings. The van der Waals surface area contributed by atoms with Gasteiger partial charge in [0.2, 0.25) is 0 Å². The van der Waals surface area contributed by atoms with E-state index in [2.05, 4.69) is 60.6 Å². The summed E-state index contributed by atoms with van der Waals surface area (Å²) in [7, 11) is 0. The summed E-state index contributed by atoms with van der Waals surface area (Å²) in [6.45, 7) is 2.38. The zero-order chi connectivity index (χ0) is 19.3. The highest BCUT2D eigenvalue weighted by Crippen LogP contribution is 2.36. The van der Waals surface area contributed by atoms with Gasteiger partial charge >= 0.3 is 0 Å². The van der Waals surface area contributed by atoms with Crippen molar-refractivity contribution in [3.63, 3.8) is 0 Å². The van der Waals surface area contributed by atoms with Gasteiger partial charge in [-0.25, -0.2) is 5.53 Å². The van der Waals surface area contributed by atoms with E-state index in [0.29, 0.717) is 5.69 Å². The highest BCUT2D eigenvalue weighted by Gasteiger charge is 2.19. The lowest BCUT2D eigenvalue weighted by molar-refractivity contribution is 0.348. The molecule has 2 nitrogen and oxygen atoms in total. The van der Waals surface area contributed by atoms with E-state index in [1.807, 2.05) is 24.3 Å². The molecule has 3 aromatic carbocycles. The molecule has 0 atom stereocenters. The zero-order valence-corrected chi connectivity index (χ0v) is 17.1. The van der Waals surface area contributed by atoms with Crippen LogP contribution in [0.25, 0.3) is 11.1 Å². The maximum atomic E-state index is 7.04. The van der Waals surface area contributed by atoms with Crippen molar-refractivity contribution < 1.29 is 0 Å². The molecule has 0 saturated heterocycles. The number of rotatable bonds is 5. The van der Waals surface area contributed by atoms with Gasteiger partial charge in [-0.1, -0.05) is 67.9 Å². The van der Waals surface area contributed by atoms with Crippen molar-refractivity contribution in [2.75, 3.05) is 0 Å². The Balaban J connectivity index is 1.42. The average molecular weight is 387 g/mol. The minimum Gasteiger partial charge on any atom is -0.204 e. The fourth-order valence-electron chi connectivity index (χ4n) is 3.98. The SMILES string of the molecule is CC1CCC(c2ccc(-c3ccc(Sc4ccc(N=N)cc4)cc3)cc2)CC1. The smallest absolute Gasteiger partial charge is 0.0850 e. The number of nitrogens with zero attached hydrogens (tertiary/aromatic N) is 1. The fourth-order valence-corrected chi connectivity index (χ4v) is 4.80. The fraction of sp³-hybridized carbons (Fsp3) is 0.280. The second-order valence-corrected chi connectivity index (χ2v) is 8.96. The molecular formula is C25H26N2S. The molecule has 0 aliphatic heterocycles. The van der Waals surface area contributed by atoms with Crippen LogP contribution in [0.3, 0.4) is 0 Å². The molecule has 1 aliphatic carbocycles. The van der Waals surface area contributed by atoms with Gasteiger partial charge in [0.05, 0.1) is 5.69 Å². The first kappa shape index (κ1) is 18.9. The van der Waals surface area contributed by atoms with E-state index < -0.39 is 0 Å². The molecular weight excluding hydrogens is 360 g/mol. The Morgan fingerprint density at radius 1 is 0.714 bits per heavy atom. The van der Waals surface area contributed by atoms with Crippen molar-refractivity contribution in [2.24, 2.45) is 11.0 Å². The van der Waals surface area contributed by atoms with E-state index in [0.717, 1.165) is 16.7 Å². The lowest BCUT2D eigenvalue weighted by Crippen LogP contribution is -2.10. The van der Waals surface area contributed by atoms with Crippen molar-refractivity contribution in [1.82, 2.24) is 0 Å². The topological polar surface area (TPSA) is 36.2 Å². The molecule has 0 unspecified atom stereocenters. The lowest BCUT2D eigenvalue weighted by atomic mass is 9.79. The molecule has 0 heterocycles. The predicted molar refractivity (Wildman–Crippen MR) is 118 cm³/mol. The molecule has 1 saturated carbocycles. The van der Waals surface area contributed by atoms with Crippen LogP contribution in [0.2, 0.25) is 0 Å². The highest BCUT2D eigenvalue weighted by atomic mass is 32.2. The minimum atomic E-state index is 0.686. The van der Waals surface area contributed by atoms with Crippen LogP contribution in [-0.2, 0) is 0 Å². The highest BCUT2D eigenvalue weighted by molar-refractivity contribution is 7.99. The van der Waals surface area contributed by atoms with Gasteiger partial charge in [0.15, 0.2) is 0 Å². The van der Waals surface area contributed by atoms with Crippen molar-refractivity contribution in [3.05, 3.63) is 78.4 Å². The Kier molecular flexibility index (Phi) is 5.92. The molecule has 3 heteroatoms. The summed E-state index contributed by atoms with van der Waals surface area (Å²) >= 11 is 1.73. The van der Waals surface area contributed by atoms with Crippen molar-refractivity contribution in [1.29, 1.82) is 5.53 Å². The molecule has 0 bridgehead atoms. The van der Waals surface area contributed by atoms with E-state index in [4.69, 9.17) is 5.53 Å². The lowest BCUT2D eigenvalue weighted by Gasteiger charge is -2.26. The van der Waals surface area contributed by atoms with Crippen LogP contribution < -0.4 is 0 Å². The maximum absolute atomic E-state index is 7.04. The van der Waals surface area contributed by atoms with Crippen LogP contribution in [-0.4, -0.2) is 0 Å². The Hall–Kier alpha value is -2.39. The van der Waals surface area contributed by atoms with Gasteiger partial charge in [-0.05, 0) is 77.8 Å². The third-order valence-corrected chi connectivity index (χ3v) is 6.80.